The molecule has 7 nitrogen and oxygen atoms in total. The van der Waals surface area contributed by atoms with Crippen LogP contribution in [-0.2, 0) is 21.8 Å². The van der Waals surface area contributed by atoms with Gasteiger partial charge in [-0.2, -0.15) is 10.4 Å². The van der Waals surface area contributed by atoms with Crippen molar-refractivity contribution < 1.29 is 13.2 Å². The minimum absolute atomic E-state index is 0.00894. The molecule has 0 saturated carbocycles. The fourth-order valence-electron chi connectivity index (χ4n) is 2.90. The van der Waals surface area contributed by atoms with Crippen molar-refractivity contribution >= 4 is 21.6 Å². The summed E-state index contributed by atoms with van der Waals surface area (Å²) in [6, 6.07) is 5.57. The standard InChI is InChI=1S/C16H17ClN4O3S/c1-21-10-12(9-19-21)16-14(3-2-6-24-16)20-25(22,23)15-5-4-13(17)7-11(15)8-18/h4-5,7,9-10,14,16,20H,2-3,6H2,1H3/t14-,16+/m0/s1. The van der Waals surface area contributed by atoms with Gasteiger partial charge in [-0.05, 0) is 31.0 Å². The van der Waals surface area contributed by atoms with Crippen LogP contribution in [0.15, 0.2) is 35.5 Å². The first-order valence-electron chi connectivity index (χ1n) is 7.73. The summed E-state index contributed by atoms with van der Waals surface area (Å²) >= 11 is 5.85. The van der Waals surface area contributed by atoms with E-state index >= 15 is 0 Å². The summed E-state index contributed by atoms with van der Waals surface area (Å²) < 4.78 is 35.7. The lowest BCUT2D eigenvalue weighted by Gasteiger charge is -2.31. The Morgan fingerprint density at radius 3 is 2.96 bits per heavy atom. The van der Waals surface area contributed by atoms with Crippen molar-refractivity contribution in [2.45, 2.75) is 29.9 Å². The van der Waals surface area contributed by atoms with Crippen molar-refractivity contribution in [2.75, 3.05) is 6.61 Å². The number of hydrogen-bond acceptors (Lipinski definition) is 5. The maximum atomic E-state index is 12.8. The average Bonchev–Trinajstić information content (AvgIpc) is 3.01. The van der Waals surface area contributed by atoms with Crippen molar-refractivity contribution in [1.29, 1.82) is 5.26 Å². The van der Waals surface area contributed by atoms with Crippen LogP contribution < -0.4 is 4.72 Å². The van der Waals surface area contributed by atoms with Crippen molar-refractivity contribution in [2.24, 2.45) is 7.05 Å². The molecule has 1 saturated heterocycles. The number of aromatic nitrogens is 2. The van der Waals surface area contributed by atoms with Crippen molar-refractivity contribution in [3.05, 3.63) is 46.7 Å². The molecule has 9 heteroatoms. The minimum atomic E-state index is -3.89. The number of rotatable bonds is 4. The molecule has 1 fully saturated rings. The zero-order chi connectivity index (χ0) is 18.0. The molecule has 0 amide bonds. The van der Waals surface area contributed by atoms with Crippen LogP contribution in [-0.4, -0.2) is 30.8 Å². The molecule has 1 aliphatic heterocycles. The third-order valence-corrected chi connectivity index (χ3v) is 5.82. The van der Waals surface area contributed by atoms with E-state index in [0.29, 0.717) is 18.1 Å². The lowest BCUT2D eigenvalue weighted by molar-refractivity contribution is -0.00446. The first-order valence-corrected chi connectivity index (χ1v) is 9.59. The Morgan fingerprint density at radius 1 is 1.48 bits per heavy atom. The highest BCUT2D eigenvalue weighted by molar-refractivity contribution is 7.89. The van der Waals surface area contributed by atoms with Crippen LogP contribution in [0, 0.1) is 11.3 Å². The van der Waals surface area contributed by atoms with Gasteiger partial charge in [0.15, 0.2) is 0 Å². The summed E-state index contributed by atoms with van der Waals surface area (Å²) in [7, 11) is -2.10. The zero-order valence-electron chi connectivity index (χ0n) is 13.5. The summed E-state index contributed by atoms with van der Waals surface area (Å²) in [6.07, 6.45) is 4.43. The van der Waals surface area contributed by atoms with E-state index in [0.717, 1.165) is 12.0 Å². The molecule has 0 spiro atoms. The van der Waals surface area contributed by atoms with Crippen LogP contribution in [0.25, 0.3) is 0 Å². The molecule has 0 bridgehead atoms. The Labute approximate surface area is 151 Å². The molecule has 0 aliphatic carbocycles. The third kappa shape index (κ3) is 3.85. The second-order valence-corrected chi connectivity index (χ2v) is 7.98. The molecule has 3 rings (SSSR count). The van der Waals surface area contributed by atoms with Gasteiger partial charge in [0.25, 0.3) is 0 Å². The molecule has 2 atom stereocenters. The summed E-state index contributed by atoms with van der Waals surface area (Å²) in [5, 5.41) is 13.6. The molecule has 1 aromatic carbocycles. The second-order valence-electron chi connectivity index (χ2n) is 5.86. The van der Waals surface area contributed by atoms with Crippen LogP contribution in [0.5, 0.6) is 0 Å². The van der Waals surface area contributed by atoms with Gasteiger partial charge in [-0.1, -0.05) is 11.6 Å². The quantitative estimate of drug-likeness (QED) is 0.876. The van der Waals surface area contributed by atoms with Gasteiger partial charge in [-0.15, -0.1) is 0 Å². The van der Waals surface area contributed by atoms with Gasteiger partial charge in [-0.25, -0.2) is 13.1 Å². The highest BCUT2D eigenvalue weighted by Gasteiger charge is 2.33. The summed E-state index contributed by atoms with van der Waals surface area (Å²) in [5.41, 5.74) is 0.821. The van der Waals surface area contributed by atoms with Crippen molar-refractivity contribution in [1.82, 2.24) is 14.5 Å². The number of nitriles is 1. The Balaban J connectivity index is 1.90. The zero-order valence-corrected chi connectivity index (χ0v) is 15.1. The third-order valence-electron chi connectivity index (χ3n) is 4.03. The van der Waals surface area contributed by atoms with E-state index in [4.69, 9.17) is 16.3 Å². The smallest absolute Gasteiger partial charge is 0.242 e. The van der Waals surface area contributed by atoms with E-state index in [1.54, 1.807) is 24.1 Å². The fraction of sp³-hybridized carbons (Fsp3) is 0.375. The molecule has 0 radical (unpaired) electrons. The van der Waals surface area contributed by atoms with Gasteiger partial charge < -0.3 is 4.74 Å². The number of ether oxygens (including phenoxy) is 1. The monoisotopic (exact) mass is 380 g/mol. The van der Waals surface area contributed by atoms with E-state index in [2.05, 4.69) is 9.82 Å². The number of nitrogens with zero attached hydrogens (tertiary/aromatic N) is 3. The Kier molecular flexibility index (Phi) is 5.11. The largest absolute Gasteiger partial charge is 0.372 e. The number of hydrogen-bond donors (Lipinski definition) is 1. The maximum absolute atomic E-state index is 12.8. The van der Waals surface area contributed by atoms with Crippen molar-refractivity contribution in [3.63, 3.8) is 0 Å². The number of sulfonamides is 1. The van der Waals surface area contributed by atoms with E-state index in [1.807, 2.05) is 6.07 Å². The minimum Gasteiger partial charge on any atom is -0.372 e. The predicted octanol–water partition coefficient (Wildman–Crippen LogP) is 2.14. The van der Waals surface area contributed by atoms with Crippen LogP contribution in [0.3, 0.4) is 0 Å². The molecule has 1 N–H and O–H groups in total. The Hall–Kier alpha value is -1.92. The van der Waals surface area contributed by atoms with Crippen LogP contribution >= 0.6 is 11.6 Å². The van der Waals surface area contributed by atoms with E-state index in [9.17, 15) is 13.7 Å². The molecular weight excluding hydrogens is 364 g/mol. The topological polar surface area (TPSA) is 97.0 Å². The lowest BCUT2D eigenvalue weighted by atomic mass is 9.99. The summed E-state index contributed by atoms with van der Waals surface area (Å²) in [6.45, 7) is 0.558. The normalized spacial score (nSPS) is 21.0. The molecule has 2 heterocycles. The van der Waals surface area contributed by atoms with Crippen LogP contribution in [0.2, 0.25) is 5.02 Å². The molecule has 25 heavy (non-hydrogen) atoms. The van der Waals surface area contributed by atoms with Gasteiger partial charge in [0.1, 0.15) is 12.2 Å². The molecule has 132 valence electrons. The SMILES string of the molecule is Cn1cc([C@H]2OCCC[C@@H]2NS(=O)(=O)c2ccc(Cl)cc2C#N)cn1. The average molecular weight is 381 g/mol. The molecular formula is C16H17ClN4O3S. The Morgan fingerprint density at radius 2 is 2.28 bits per heavy atom. The highest BCUT2D eigenvalue weighted by atomic mass is 35.5. The molecule has 1 aromatic heterocycles. The number of benzene rings is 1. The van der Waals surface area contributed by atoms with Gasteiger partial charge in [0.05, 0.1) is 22.7 Å². The Bertz CT molecular complexity index is 920. The first-order chi connectivity index (χ1) is 11.9. The maximum Gasteiger partial charge on any atom is 0.242 e. The fourth-order valence-corrected chi connectivity index (χ4v) is 4.48. The van der Waals surface area contributed by atoms with Crippen LogP contribution in [0.1, 0.15) is 30.1 Å². The summed E-state index contributed by atoms with van der Waals surface area (Å²) in [5.74, 6) is 0. The summed E-state index contributed by atoms with van der Waals surface area (Å²) in [4.78, 5) is -0.0880. The van der Waals surface area contributed by atoms with Gasteiger partial charge in [0, 0.05) is 30.4 Å². The van der Waals surface area contributed by atoms with Crippen LogP contribution in [0.4, 0.5) is 0 Å². The van der Waals surface area contributed by atoms with E-state index in [-0.39, 0.29) is 10.5 Å². The van der Waals surface area contributed by atoms with E-state index in [1.165, 1.54) is 18.2 Å². The second kappa shape index (κ2) is 7.14. The highest BCUT2D eigenvalue weighted by Crippen LogP contribution is 2.30. The van der Waals surface area contributed by atoms with Gasteiger partial charge in [-0.3, -0.25) is 4.68 Å². The van der Waals surface area contributed by atoms with Crippen molar-refractivity contribution in [3.8, 4) is 6.07 Å². The number of halogens is 1. The first kappa shape index (κ1) is 17.9. The molecule has 2 aromatic rings. The predicted molar refractivity (Wildman–Crippen MR) is 91.4 cm³/mol. The van der Waals surface area contributed by atoms with Gasteiger partial charge in [0.2, 0.25) is 10.0 Å². The molecule has 1 aliphatic rings. The number of nitrogens with one attached hydrogen (secondary N) is 1. The van der Waals surface area contributed by atoms with Gasteiger partial charge >= 0.3 is 0 Å². The molecule has 0 unspecified atom stereocenters. The number of aryl methyl sites for hydroxylation is 1. The van der Waals surface area contributed by atoms with E-state index < -0.39 is 22.2 Å². The lowest BCUT2D eigenvalue weighted by Crippen LogP contribution is -2.42.